The van der Waals surface area contributed by atoms with Gasteiger partial charge in [0.1, 0.15) is 5.82 Å². The number of carbonyl (C=O) groups excluding carboxylic acids is 1. The van der Waals surface area contributed by atoms with Gasteiger partial charge in [0.25, 0.3) is 0 Å². The SMILES string of the molecule is CC(C)CC(C)NC(=O)Nc1ccc(C(=O)O)c(F)c1. The highest BCUT2D eigenvalue weighted by atomic mass is 19.1. The summed E-state index contributed by atoms with van der Waals surface area (Å²) in [5, 5.41) is 13.9. The lowest BCUT2D eigenvalue weighted by molar-refractivity contribution is 0.0692. The molecule has 6 heteroatoms. The molecule has 0 fully saturated rings. The van der Waals surface area contributed by atoms with Crippen molar-refractivity contribution in [1.82, 2.24) is 5.32 Å². The van der Waals surface area contributed by atoms with Crippen molar-refractivity contribution in [2.75, 3.05) is 5.32 Å². The molecule has 0 aromatic heterocycles. The van der Waals surface area contributed by atoms with Crippen molar-refractivity contribution in [1.29, 1.82) is 0 Å². The summed E-state index contributed by atoms with van der Waals surface area (Å²) < 4.78 is 13.4. The smallest absolute Gasteiger partial charge is 0.338 e. The third-order valence-electron chi connectivity index (χ3n) is 2.66. The molecule has 0 radical (unpaired) electrons. The van der Waals surface area contributed by atoms with Gasteiger partial charge in [0.15, 0.2) is 0 Å². The van der Waals surface area contributed by atoms with Crippen molar-refractivity contribution < 1.29 is 19.1 Å². The van der Waals surface area contributed by atoms with Crippen LogP contribution in [0.15, 0.2) is 18.2 Å². The number of carboxylic acid groups (broad SMARTS) is 1. The minimum absolute atomic E-state index is 0.00172. The Morgan fingerprint density at radius 2 is 1.95 bits per heavy atom. The predicted molar refractivity (Wildman–Crippen MR) is 74.4 cm³/mol. The van der Waals surface area contributed by atoms with Gasteiger partial charge in [-0.15, -0.1) is 0 Å². The van der Waals surface area contributed by atoms with E-state index in [-0.39, 0.29) is 11.7 Å². The highest BCUT2D eigenvalue weighted by Gasteiger charge is 2.13. The van der Waals surface area contributed by atoms with Crippen LogP contribution in [-0.4, -0.2) is 23.1 Å². The quantitative estimate of drug-likeness (QED) is 0.776. The van der Waals surface area contributed by atoms with E-state index in [2.05, 4.69) is 24.5 Å². The van der Waals surface area contributed by atoms with Crippen molar-refractivity contribution in [3.05, 3.63) is 29.6 Å². The second-order valence-corrected chi connectivity index (χ2v) is 5.13. The maximum absolute atomic E-state index is 13.4. The van der Waals surface area contributed by atoms with E-state index in [0.717, 1.165) is 18.6 Å². The molecule has 0 aliphatic heterocycles. The zero-order valence-electron chi connectivity index (χ0n) is 11.7. The highest BCUT2D eigenvalue weighted by Crippen LogP contribution is 2.14. The van der Waals surface area contributed by atoms with Crippen LogP contribution in [0, 0.1) is 11.7 Å². The van der Waals surface area contributed by atoms with Gasteiger partial charge in [-0.05, 0) is 37.5 Å². The summed E-state index contributed by atoms with van der Waals surface area (Å²) in [7, 11) is 0. The summed E-state index contributed by atoms with van der Waals surface area (Å²) in [6, 6.07) is 3.00. The summed E-state index contributed by atoms with van der Waals surface area (Å²) in [5.74, 6) is -1.77. The van der Waals surface area contributed by atoms with Crippen molar-refractivity contribution in [2.24, 2.45) is 5.92 Å². The van der Waals surface area contributed by atoms with Crippen LogP contribution in [0.2, 0.25) is 0 Å². The minimum atomic E-state index is -1.34. The molecule has 2 amide bonds. The van der Waals surface area contributed by atoms with Crippen molar-refractivity contribution >= 4 is 17.7 Å². The summed E-state index contributed by atoms with van der Waals surface area (Å²) in [6.07, 6.45) is 0.833. The summed E-state index contributed by atoms with van der Waals surface area (Å²) in [6.45, 7) is 5.99. The molecule has 0 saturated carbocycles. The van der Waals surface area contributed by atoms with Gasteiger partial charge in [-0.3, -0.25) is 0 Å². The van der Waals surface area contributed by atoms with Gasteiger partial charge in [-0.1, -0.05) is 13.8 Å². The number of halogens is 1. The van der Waals surface area contributed by atoms with Crippen LogP contribution >= 0.6 is 0 Å². The van der Waals surface area contributed by atoms with Crippen LogP contribution in [-0.2, 0) is 0 Å². The number of carboxylic acids is 1. The van der Waals surface area contributed by atoms with Crippen LogP contribution in [0.4, 0.5) is 14.9 Å². The molecule has 0 spiro atoms. The van der Waals surface area contributed by atoms with Gasteiger partial charge in [-0.25, -0.2) is 14.0 Å². The molecule has 1 atom stereocenters. The summed E-state index contributed by atoms with van der Waals surface area (Å²) in [4.78, 5) is 22.3. The lowest BCUT2D eigenvalue weighted by Gasteiger charge is -2.16. The van der Waals surface area contributed by atoms with Gasteiger partial charge in [0.05, 0.1) is 5.56 Å². The number of aromatic carboxylic acids is 1. The number of hydrogen-bond donors (Lipinski definition) is 3. The molecular weight excluding hydrogens is 263 g/mol. The monoisotopic (exact) mass is 282 g/mol. The van der Waals surface area contributed by atoms with Gasteiger partial charge in [0.2, 0.25) is 0 Å². The van der Waals surface area contributed by atoms with Crippen LogP contribution in [0.25, 0.3) is 0 Å². The standard InChI is InChI=1S/C14H19FN2O3/c1-8(2)6-9(3)16-14(20)17-10-4-5-11(13(18)19)12(15)7-10/h4-5,7-9H,6H2,1-3H3,(H,18,19)(H2,16,17,20). The normalized spacial score (nSPS) is 12.1. The van der Waals surface area contributed by atoms with Crippen LogP contribution < -0.4 is 10.6 Å². The molecule has 110 valence electrons. The van der Waals surface area contributed by atoms with Crippen molar-refractivity contribution in [3.63, 3.8) is 0 Å². The first-order valence-corrected chi connectivity index (χ1v) is 6.40. The van der Waals surface area contributed by atoms with E-state index in [4.69, 9.17) is 5.11 Å². The molecule has 1 rings (SSSR count). The Morgan fingerprint density at radius 3 is 2.45 bits per heavy atom. The molecule has 0 bridgehead atoms. The van der Waals surface area contributed by atoms with Crippen LogP contribution in [0.1, 0.15) is 37.6 Å². The number of anilines is 1. The molecule has 0 saturated heterocycles. The molecule has 5 nitrogen and oxygen atoms in total. The number of nitrogens with one attached hydrogen (secondary N) is 2. The molecule has 0 aliphatic rings. The Balaban J connectivity index is 2.63. The van der Waals surface area contributed by atoms with Crippen molar-refractivity contribution in [3.8, 4) is 0 Å². The zero-order chi connectivity index (χ0) is 15.3. The van der Waals surface area contributed by atoms with Crippen molar-refractivity contribution in [2.45, 2.75) is 33.2 Å². The Hall–Kier alpha value is -2.11. The third-order valence-corrected chi connectivity index (χ3v) is 2.66. The molecule has 0 aliphatic carbocycles. The number of carbonyl (C=O) groups is 2. The second kappa shape index (κ2) is 6.88. The first-order chi connectivity index (χ1) is 9.29. The number of hydrogen-bond acceptors (Lipinski definition) is 2. The summed E-state index contributed by atoms with van der Waals surface area (Å²) >= 11 is 0. The van der Waals surface area contributed by atoms with E-state index in [1.807, 2.05) is 6.92 Å². The molecule has 3 N–H and O–H groups in total. The Bertz CT molecular complexity index is 503. The predicted octanol–water partition coefficient (Wildman–Crippen LogP) is 3.08. The fourth-order valence-electron chi connectivity index (χ4n) is 1.92. The van der Waals surface area contributed by atoms with E-state index < -0.39 is 23.4 Å². The summed E-state index contributed by atoms with van der Waals surface area (Å²) in [5.41, 5.74) is -0.217. The molecular formula is C14H19FN2O3. The lowest BCUT2D eigenvalue weighted by Crippen LogP contribution is -2.36. The maximum atomic E-state index is 13.4. The third kappa shape index (κ3) is 4.87. The number of urea groups is 1. The largest absolute Gasteiger partial charge is 0.478 e. The molecule has 20 heavy (non-hydrogen) atoms. The fraction of sp³-hybridized carbons (Fsp3) is 0.429. The molecule has 1 unspecified atom stereocenters. The van der Waals surface area contributed by atoms with Crippen LogP contribution in [0.3, 0.4) is 0 Å². The average Bonchev–Trinajstić information content (AvgIpc) is 2.26. The van der Waals surface area contributed by atoms with E-state index >= 15 is 0 Å². The second-order valence-electron chi connectivity index (χ2n) is 5.13. The number of rotatable bonds is 5. The number of benzene rings is 1. The molecule has 0 heterocycles. The highest BCUT2D eigenvalue weighted by molar-refractivity contribution is 5.91. The zero-order valence-corrected chi connectivity index (χ0v) is 11.7. The van der Waals surface area contributed by atoms with E-state index in [9.17, 15) is 14.0 Å². The van der Waals surface area contributed by atoms with Crippen LogP contribution in [0.5, 0.6) is 0 Å². The topological polar surface area (TPSA) is 78.4 Å². The molecule has 1 aromatic rings. The minimum Gasteiger partial charge on any atom is -0.478 e. The maximum Gasteiger partial charge on any atom is 0.338 e. The van der Waals surface area contributed by atoms with Gasteiger partial charge in [-0.2, -0.15) is 0 Å². The fourth-order valence-corrected chi connectivity index (χ4v) is 1.92. The van der Waals surface area contributed by atoms with E-state index in [1.165, 1.54) is 6.07 Å². The molecule has 1 aromatic carbocycles. The van der Waals surface area contributed by atoms with E-state index in [1.54, 1.807) is 0 Å². The van der Waals surface area contributed by atoms with Gasteiger partial charge >= 0.3 is 12.0 Å². The Kier molecular flexibility index (Phi) is 5.49. The lowest BCUT2D eigenvalue weighted by atomic mass is 10.1. The first kappa shape index (κ1) is 15.9. The van der Waals surface area contributed by atoms with Gasteiger partial charge in [0, 0.05) is 11.7 Å². The first-order valence-electron chi connectivity index (χ1n) is 6.40. The average molecular weight is 282 g/mol. The number of amides is 2. The Morgan fingerprint density at radius 1 is 1.30 bits per heavy atom. The van der Waals surface area contributed by atoms with Gasteiger partial charge < -0.3 is 15.7 Å². The van der Waals surface area contributed by atoms with E-state index in [0.29, 0.717) is 5.92 Å². The Labute approximate surface area is 117 Å².